The minimum Gasteiger partial charge on any atom is -0.468 e. The van der Waals surface area contributed by atoms with Crippen LogP contribution < -0.4 is 5.73 Å². The van der Waals surface area contributed by atoms with Crippen LogP contribution in [0, 0.1) is 6.92 Å². The van der Waals surface area contributed by atoms with Crippen LogP contribution in [0.3, 0.4) is 0 Å². The minimum atomic E-state index is -1.00. The molecule has 18 heavy (non-hydrogen) atoms. The highest BCUT2D eigenvalue weighted by molar-refractivity contribution is 7.99. The van der Waals surface area contributed by atoms with Crippen LogP contribution >= 0.6 is 11.8 Å². The van der Waals surface area contributed by atoms with Crippen molar-refractivity contribution in [3.63, 3.8) is 0 Å². The topological polar surface area (TPSA) is 59.4 Å². The maximum absolute atomic E-state index is 10.6. The van der Waals surface area contributed by atoms with E-state index in [1.165, 1.54) is 0 Å². The lowest BCUT2D eigenvalue weighted by Crippen LogP contribution is -2.37. The van der Waals surface area contributed by atoms with Crippen molar-refractivity contribution in [3.8, 4) is 0 Å². The van der Waals surface area contributed by atoms with Crippen LogP contribution in [0.2, 0.25) is 0 Å². The van der Waals surface area contributed by atoms with Gasteiger partial charge in [0.25, 0.3) is 0 Å². The Hall–Kier alpha value is -1.23. The Morgan fingerprint density at radius 3 is 2.56 bits per heavy atom. The van der Waals surface area contributed by atoms with Gasteiger partial charge in [0.15, 0.2) is 0 Å². The Kier molecular flexibility index (Phi) is 4.11. The first-order valence-electron chi connectivity index (χ1n) is 5.80. The van der Waals surface area contributed by atoms with E-state index < -0.39 is 5.60 Å². The highest BCUT2D eigenvalue weighted by Crippen LogP contribution is 2.31. The van der Waals surface area contributed by atoms with Gasteiger partial charge in [-0.2, -0.15) is 0 Å². The molecular weight excluding hydrogens is 246 g/mol. The highest BCUT2D eigenvalue weighted by Gasteiger charge is 2.28. The van der Waals surface area contributed by atoms with Gasteiger partial charge in [-0.05, 0) is 18.6 Å². The molecule has 1 aromatic carbocycles. The van der Waals surface area contributed by atoms with Gasteiger partial charge in [-0.25, -0.2) is 0 Å². The summed E-state index contributed by atoms with van der Waals surface area (Å²) in [6.45, 7) is 2.10. The van der Waals surface area contributed by atoms with Crippen molar-refractivity contribution in [1.82, 2.24) is 0 Å². The van der Waals surface area contributed by atoms with Crippen LogP contribution in [-0.2, 0) is 5.60 Å². The highest BCUT2D eigenvalue weighted by atomic mass is 32.2. The van der Waals surface area contributed by atoms with Crippen LogP contribution in [0.15, 0.2) is 52.0 Å². The molecule has 0 fully saturated rings. The Balaban J connectivity index is 2.12. The molecule has 2 rings (SSSR count). The van der Waals surface area contributed by atoms with Gasteiger partial charge < -0.3 is 15.3 Å². The third-order valence-electron chi connectivity index (χ3n) is 2.93. The van der Waals surface area contributed by atoms with Gasteiger partial charge in [0, 0.05) is 17.2 Å². The standard InChI is InChI=1S/C14H17NO2S/c1-11-13(7-8-17-11)18-10-14(16,9-15)12-5-3-2-4-6-12/h2-8,16H,9-10,15H2,1H3. The molecule has 0 bridgehead atoms. The number of rotatable bonds is 5. The number of thioether (sulfide) groups is 1. The van der Waals surface area contributed by atoms with Crippen LogP contribution in [0.1, 0.15) is 11.3 Å². The van der Waals surface area contributed by atoms with Gasteiger partial charge in [-0.1, -0.05) is 30.3 Å². The number of nitrogens with two attached hydrogens (primary N) is 1. The lowest BCUT2D eigenvalue weighted by atomic mass is 9.96. The normalized spacial score (nSPS) is 14.4. The fourth-order valence-corrected chi connectivity index (χ4v) is 2.81. The molecule has 0 saturated carbocycles. The monoisotopic (exact) mass is 263 g/mol. The third kappa shape index (κ3) is 2.77. The van der Waals surface area contributed by atoms with Crippen molar-refractivity contribution in [2.75, 3.05) is 12.3 Å². The fraction of sp³-hybridized carbons (Fsp3) is 0.286. The van der Waals surface area contributed by atoms with Crippen molar-refractivity contribution >= 4 is 11.8 Å². The summed E-state index contributed by atoms with van der Waals surface area (Å²) in [5.41, 5.74) is 5.57. The van der Waals surface area contributed by atoms with Gasteiger partial charge >= 0.3 is 0 Å². The maximum Gasteiger partial charge on any atom is 0.114 e. The van der Waals surface area contributed by atoms with Gasteiger partial charge in [-0.3, -0.25) is 0 Å². The minimum absolute atomic E-state index is 0.195. The zero-order chi connectivity index (χ0) is 13.0. The van der Waals surface area contributed by atoms with Crippen molar-refractivity contribution in [2.45, 2.75) is 17.4 Å². The summed E-state index contributed by atoms with van der Waals surface area (Å²) < 4.78 is 5.24. The molecule has 0 aliphatic rings. The summed E-state index contributed by atoms with van der Waals surface area (Å²) in [5.74, 6) is 1.38. The number of aliphatic hydroxyl groups is 1. The fourth-order valence-electron chi connectivity index (χ4n) is 1.73. The van der Waals surface area contributed by atoms with Crippen LogP contribution in [0.25, 0.3) is 0 Å². The molecule has 3 nitrogen and oxygen atoms in total. The Morgan fingerprint density at radius 2 is 2.00 bits per heavy atom. The van der Waals surface area contributed by atoms with E-state index in [4.69, 9.17) is 10.2 Å². The molecule has 0 aliphatic carbocycles. The number of furan rings is 1. The summed E-state index contributed by atoms with van der Waals surface area (Å²) in [6, 6.07) is 11.4. The first kappa shape index (κ1) is 13.2. The van der Waals surface area contributed by atoms with Crippen molar-refractivity contribution in [2.24, 2.45) is 5.73 Å². The molecule has 4 heteroatoms. The number of benzene rings is 1. The molecule has 1 atom stereocenters. The Morgan fingerprint density at radius 1 is 1.28 bits per heavy atom. The van der Waals surface area contributed by atoms with Gasteiger partial charge in [0.05, 0.1) is 6.26 Å². The summed E-state index contributed by atoms with van der Waals surface area (Å²) in [6.07, 6.45) is 1.65. The second kappa shape index (κ2) is 5.61. The average molecular weight is 263 g/mol. The first-order chi connectivity index (χ1) is 8.65. The Bertz CT molecular complexity index is 498. The molecule has 1 heterocycles. The van der Waals surface area contributed by atoms with Crippen LogP contribution in [-0.4, -0.2) is 17.4 Å². The predicted molar refractivity (Wildman–Crippen MR) is 73.6 cm³/mol. The Labute approximate surface area is 111 Å². The van der Waals surface area contributed by atoms with E-state index in [0.29, 0.717) is 5.75 Å². The number of aryl methyl sites for hydroxylation is 1. The number of hydrogen-bond acceptors (Lipinski definition) is 4. The lowest BCUT2D eigenvalue weighted by molar-refractivity contribution is 0.0721. The van der Waals surface area contributed by atoms with E-state index in [9.17, 15) is 5.11 Å². The van der Waals surface area contributed by atoms with E-state index in [0.717, 1.165) is 16.2 Å². The molecule has 3 N–H and O–H groups in total. The smallest absolute Gasteiger partial charge is 0.114 e. The average Bonchev–Trinajstić information content (AvgIpc) is 2.83. The molecule has 1 aromatic heterocycles. The van der Waals surface area contributed by atoms with Gasteiger partial charge in [-0.15, -0.1) is 11.8 Å². The largest absolute Gasteiger partial charge is 0.468 e. The summed E-state index contributed by atoms with van der Waals surface area (Å²) in [4.78, 5) is 1.04. The van der Waals surface area contributed by atoms with Crippen molar-refractivity contribution in [1.29, 1.82) is 0 Å². The second-order valence-electron chi connectivity index (χ2n) is 4.23. The predicted octanol–water partition coefficient (Wildman–Crippen LogP) is 2.53. The molecule has 0 radical (unpaired) electrons. The summed E-state index contributed by atoms with van der Waals surface area (Å²) >= 11 is 1.56. The van der Waals surface area contributed by atoms with E-state index in [1.807, 2.05) is 43.3 Å². The van der Waals surface area contributed by atoms with E-state index in [2.05, 4.69) is 0 Å². The van der Waals surface area contributed by atoms with E-state index in [1.54, 1.807) is 18.0 Å². The first-order valence-corrected chi connectivity index (χ1v) is 6.79. The lowest BCUT2D eigenvalue weighted by Gasteiger charge is -2.26. The number of hydrogen-bond donors (Lipinski definition) is 2. The van der Waals surface area contributed by atoms with Crippen molar-refractivity contribution < 1.29 is 9.52 Å². The molecule has 0 aliphatic heterocycles. The SMILES string of the molecule is Cc1occc1SCC(O)(CN)c1ccccc1. The molecular formula is C14H17NO2S. The molecule has 1 unspecified atom stereocenters. The quantitative estimate of drug-likeness (QED) is 0.814. The molecule has 0 spiro atoms. The van der Waals surface area contributed by atoms with Gasteiger partial charge in [0.1, 0.15) is 11.4 Å². The third-order valence-corrected chi connectivity index (χ3v) is 4.28. The molecule has 96 valence electrons. The van der Waals surface area contributed by atoms with Gasteiger partial charge in [0.2, 0.25) is 0 Å². The van der Waals surface area contributed by atoms with E-state index in [-0.39, 0.29) is 6.54 Å². The second-order valence-corrected chi connectivity index (χ2v) is 5.25. The maximum atomic E-state index is 10.6. The zero-order valence-electron chi connectivity index (χ0n) is 10.3. The summed E-state index contributed by atoms with van der Waals surface area (Å²) in [7, 11) is 0. The molecule has 0 saturated heterocycles. The molecule has 2 aromatic rings. The van der Waals surface area contributed by atoms with Crippen LogP contribution in [0.4, 0.5) is 0 Å². The van der Waals surface area contributed by atoms with Crippen LogP contribution in [0.5, 0.6) is 0 Å². The zero-order valence-corrected chi connectivity index (χ0v) is 11.1. The molecule has 0 amide bonds. The summed E-state index contributed by atoms with van der Waals surface area (Å²) in [5, 5.41) is 10.6. The van der Waals surface area contributed by atoms with Crippen molar-refractivity contribution in [3.05, 3.63) is 54.0 Å². The van der Waals surface area contributed by atoms with E-state index >= 15 is 0 Å².